The van der Waals surface area contributed by atoms with Gasteiger partial charge in [-0.15, -0.1) is 0 Å². The van der Waals surface area contributed by atoms with Gasteiger partial charge in [-0.05, 0) is 24.5 Å². The van der Waals surface area contributed by atoms with Gasteiger partial charge in [0.15, 0.2) is 11.5 Å². The lowest BCUT2D eigenvalue weighted by atomic mass is 10.0. The molecule has 0 aliphatic carbocycles. The van der Waals surface area contributed by atoms with Gasteiger partial charge in [-0.1, -0.05) is 42.6 Å². The van der Waals surface area contributed by atoms with Crippen molar-refractivity contribution in [3.63, 3.8) is 0 Å². The maximum atomic E-state index is 13.2. The van der Waals surface area contributed by atoms with E-state index in [2.05, 4.69) is 5.32 Å². The van der Waals surface area contributed by atoms with E-state index in [1.165, 1.54) is 0 Å². The van der Waals surface area contributed by atoms with Crippen LogP contribution in [0, 0.1) is 0 Å². The highest BCUT2D eigenvalue weighted by Gasteiger charge is 2.28. The summed E-state index contributed by atoms with van der Waals surface area (Å²) >= 11 is 6.45. The number of nitrogens with one attached hydrogen (secondary N) is 1. The standard InChI is InChI=1S/C22H27ClN2O4/c1-27-19-13-15(14-20(28-2)21(19)29-3)24-22(26)25-12-8-4-5-11-18(25)16-9-6-7-10-17(16)23/h6-7,9-10,13-14,18H,4-5,8,11-12H2,1-3H3,(H,24,26). The largest absolute Gasteiger partial charge is 0.493 e. The Morgan fingerprint density at radius 1 is 1.03 bits per heavy atom. The highest BCUT2D eigenvalue weighted by Crippen LogP contribution is 2.40. The topological polar surface area (TPSA) is 60.0 Å². The van der Waals surface area contributed by atoms with Crippen molar-refractivity contribution in [2.45, 2.75) is 31.7 Å². The number of benzene rings is 2. The minimum Gasteiger partial charge on any atom is -0.493 e. The van der Waals surface area contributed by atoms with Crippen molar-refractivity contribution >= 4 is 23.3 Å². The van der Waals surface area contributed by atoms with Crippen molar-refractivity contribution in [3.05, 3.63) is 47.0 Å². The Morgan fingerprint density at radius 3 is 2.34 bits per heavy atom. The first-order chi connectivity index (χ1) is 14.1. The zero-order chi connectivity index (χ0) is 20.8. The van der Waals surface area contributed by atoms with Gasteiger partial charge in [0, 0.05) is 23.7 Å². The van der Waals surface area contributed by atoms with E-state index in [-0.39, 0.29) is 12.1 Å². The number of methoxy groups -OCH3 is 3. The summed E-state index contributed by atoms with van der Waals surface area (Å²) in [6.07, 6.45) is 3.99. The lowest BCUT2D eigenvalue weighted by Crippen LogP contribution is -2.38. The molecule has 2 aromatic rings. The molecule has 1 atom stereocenters. The van der Waals surface area contributed by atoms with E-state index in [0.29, 0.717) is 34.5 Å². The fraction of sp³-hybridized carbons (Fsp3) is 0.409. The smallest absolute Gasteiger partial charge is 0.322 e. The quantitative estimate of drug-likeness (QED) is 0.694. The lowest BCUT2D eigenvalue weighted by molar-refractivity contribution is 0.189. The van der Waals surface area contributed by atoms with Crippen LogP contribution in [0.1, 0.15) is 37.3 Å². The van der Waals surface area contributed by atoms with Gasteiger partial charge in [0.2, 0.25) is 5.75 Å². The number of hydrogen-bond acceptors (Lipinski definition) is 4. The summed E-state index contributed by atoms with van der Waals surface area (Å²) in [5.41, 5.74) is 1.56. The second kappa shape index (κ2) is 9.74. The van der Waals surface area contributed by atoms with Crippen LogP contribution in [0.3, 0.4) is 0 Å². The first kappa shape index (κ1) is 21.1. The van der Waals surface area contributed by atoms with Crippen molar-refractivity contribution in [2.75, 3.05) is 33.2 Å². The van der Waals surface area contributed by atoms with E-state index < -0.39 is 0 Å². The molecule has 1 fully saturated rings. The van der Waals surface area contributed by atoms with E-state index in [1.807, 2.05) is 29.2 Å². The van der Waals surface area contributed by atoms with E-state index in [4.69, 9.17) is 25.8 Å². The van der Waals surface area contributed by atoms with Crippen LogP contribution in [0.15, 0.2) is 36.4 Å². The van der Waals surface area contributed by atoms with Gasteiger partial charge >= 0.3 is 6.03 Å². The lowest BCUT2D eigenvalue weighted by Gasteiger charge is -2.31. The molecular weight excluding hydrogens is 392 g/mol. The Morgan fingerprint density at radius 2 is 1.72 bits per heavy atom. The molecule has 0 saturated carbocycles. The molecule has 1 saturated heterocycles. The third-order valence-corrected chi connectivity index (χ3v) is 5.54. The predicted octanol–water partition coefficient (Wildman–Crippen LogP) is 5.52. The number of nitrogens with zero attached hydrogens (tertiary/aromatic N) is 1. The summed E-state index contributed by atoms with van der Waals surface area (Å²) < 4.78 is 16.1. The number of rotatable bonds is 5. The molecule has 1 unspecified atom stereocenters. The molecule has 0 spiro atoms. The monoisotopic (exact) mass is 418 g/mol. The van der Waals surface area contributed by atoms with Crippen LogP contribution in [0.25, 0.3) is 0 Å². The van der Waals surface area contributed by atoms with Crippen LogP contribution >= 0.6 is 11.6 Å². The second-order valence-corrected chi connectivity index (χ2v) is 7.33. The van der Waals surface area contributed by atoms with Gasteiger partial charge in [-0.25, -0.2) is 4.79 Å². The summed E-state index contributed by atoms with van der Waals surface area (Å²) in [5.74, 6) is 1.46. The molecule has 0 radical (unpaired) electrons. The first-order valence-corrected chi connectivity index (χ1v) is 10.1. The van der Waals surface area contributed by atoms with Gasteiger partial charge in [-0.2, -0.15) is 0 Å². The van der Waals surface area contributed by atoms with Crippen LogP contribution in [0.5, 0.6) is 17.2 Å². The average Bonchev–Trinajstić information content (AvgIpc) is 2.99. The van der Waals surface area contributed by atoms with Crippen LogP contribution in [-0.2, 0) is 0 Å². The number of carbonyl (C=O) groups is 1. The molecule has 0 bridgehead atoms. The van der Waals surface area contributed by atoms with Crippen molar-refractivity contribution in [3.8, 4) is 17.2 Å². The predicted molar refractivity (Wildman–Crippen MR) is 114 cm³/mol. The summed E-state index contributed by atoms with van der Waals surface area (Å²) in [6.45, 7) is 0.673. The number of ether oxygens (including phenoxy) is 3. The van der Waals surface area contributed by atoms with E-state index in [0.717, 1.165) is 31.2 Å². The second-order valence-electron chi connectivity index (χ2n) is 6.92. The maximum Gasteiger partial charge on any atom is 0.322 e. The summed E-state index contributed by atoms with van der Waals surface area (Å²) in [4.78, 5) is 15.1. The molecule has 2 amide bonds. The van der Waals surface area contributed by atoms with Gasteiger partial charge in [-0.3, -0.25) is 0 Å². The molecule has 1 aliphatic rings. The molecule has 1 heterocycles. The minimum atomic E-state index is -0.175. The molecule has 2 aromatic carbocycles. The minimum absolute atomic E-state index is 0.0618. The Hall–Kier alpha value is -2.60. The Bertz CT molecular complexity index is 833. The Kier molecular flexibility index (Phi) is 7.09. The fourth-order valence-corrected chi connectivity index (χ4v) is 4.03. The highest BCUT2D eigenvalue weighted by atomic mass is 35.5. The van der Waals surface area contributed by atoms with E-state index >= 15 is 0 Å². The van der Waals surface area contributed by atoms with E-state index in [9.17, 15) is 4.79 Å². The van der Waals surface area contributed by atoms with Crippen molar-refractivity contribution in [1.82, 2.24) is 4.90 Å². The zero-order valence-electron chi connectivity index (χ0n) is 17.0. The fourth-order valence-electron chi connectivity index (χ4n) is 3.77. The van der Waals surface area contributed by atoms with Crippen molar-refractivity contribution in [1.29, 1.82) is 0 Å². The van der Waals surface area contributed by atoms with Crippen LogP contribution in [0.2, 0.25) is 5.02 Å². The zero-order valence-corrected chi connectivity index (χ0v) is 17.8. The number of urea groups is 1. The molecule has 6 nitrogen and oxygen atoms in total. The van der Waals surface area contributed by atoms with Gasteiger partial charge < -0.3 is 24.4 Å². The molecule has 156 valence electrons. The number of halogens is 1. The normalized spacial score (nSPS) is 16.7. The Labute approximate surface area is 176 Å². The van der Waals surface area contributed by atoms with E-state index in [1.54, 1.807) is 33.5 Å². The van der Waals surface area contributed by atoms with Crippen molar-refractivity contribution < 1.29 is 19.0 Å². The third-order valence-electron chi connectivity index (χ3n) is 5.19. The van der Waals surface area contributed by atoms with Crippen LogP contribution in [0.4, 0.5) is 10.5 Å². The third kappa shape index (κ3) is 4.70. The summed E-state index contributed by atoms with van der Waals surface area (Å²) in [6, 6.07) is 10.9. The van der Waals surface area contributed by atoms with Gasteiger partial charge in [0.1, 0.15) is 0 Å². The molecule has 7 heteroatoms. The summed E-state index contributed by atoms with van der Waals surface area (Å²) in [7, 11) is 4.64. The highest BCUT2D eigenvalue weighted by molar-refractivity contribution is 6.31. The SMILES string of the molecule is COc1cc(NC(=O)N2CCCCCC2c2ccccc2Cl)cc(OC)c1OC. The molecule has 0 aromatic heterocycles. The number of anilines is 1. The molecular formula is C22H27ClN2O4. The molecule has 3 rings (SSSR count). The van der Waals surface area contributed by atoms with Gasteiger partial charge in [0.25, 0.3) is 0 Å². The number of carbonyl (C=O) groups excluding carboxylic acids is 1. The summed E-state index contributed by atoms with van der Waals surface area (Å²) in [5, 5.41) is 3.67. The van der Waals surface area contributed by atoms with Crippen molar-refractivity contribution in [2.24, 2.45) is 0 Å². The first-order valence-electron chi connectivity index (χ1n) is 9.71. The van der Waals surface area contributed by atoms with Crippen LogP contribution in [-0.4, -0.2) is 38.8 Å². The average molecular weight is 419 g/mol. The maximum absolute atomic E-state index is 13.2. The molecule has 1 N–H and O–H groups in total. The van der Waals surface area contributed by atoms with Crippen LogP contribution < -0.4 is 19.5 Å². The molecule has 29 heavy (non-hydrogen) atoms. The number of likely N-dealkylation sites (tertiary alicyclic amines) is 1. The number of amides is 2. The Balaban J connectivity index is 1.89. The number of hydrogen-bond donors (Lipinski definition) is 1. The van der Waals surface area contributed by atoms with Gasteiger partial charge in [0.05, 0.1) is 33.1 Å². The molecule has 1 aliphatic heterocycles.